The molecule has 0 aliphatic heterocycles. The largest absolute Gasteiger partial charge is 0.548 e. The van der Waals surface area contributed by atoms with E-state index in [-0.39, 0.29) is 0 Å². The standard InChI is InChI=1S/C15H15NO2/c1-12(15(17)18)16(13-8-4-2-5-9-13)14-10-6-3-7-11-14/h2-12H,1H3,(H,17,18)/p-1. The van der Waals surface area contributed by atoms with Gasteiger partial charge in [-0.2, -0.15) is 0 Å². The van der Waals surface area contributed by atoms with Gasteiger partial charge in [-0.3, -0.25) is 0 Å². The summed E-state index contributed by atoms with van der Waals surface area (Å²) in [5.41, 5.74) is 1.67. The first-order valence-electron chi connectivity index (χ1n) is 5.80. The minimum absolute atomic E-state index is 0.727. The van der Waals surface area contributed by atoms with Crippen molar-refractivity contribution < 1.29 is 9.90 Å². The second-order valence-corrected chi connectivity index (χ2v) is 4.04. The minimum atomic E-state index is -1.09. The molecule has 1 atom stereocenters. The van der Waals surface area contributed by atoms with E-state index in [0.29, 0.717) is 0 Å². The van der Waals surface area contributed by atoms with E-state index in [4.69, 9.17) is 0 Å². The van der Waals surface area contributed by atoms with Gasteiger partial charge in [-0.25, -0.2) is 0 Å². The topological polar surface area (TPSA) is 43.4 Å². The zero-order valence-corrected chi connectivity index (χ0v) is 10.1. The maximum absolute atomic E-state index is 11.1. The summed E-state index contributed by atoms with van der Waals surface area (Å²) in [6.07, 6.45) is 0. The molecular weight excluding hydrogens is 226 g/mol. The second-order valence-electron chi connectivity index (χ2n) is 4.04. The minimum Gasteiger partial charge on any atom is -0.548 e. The summed E-state index contributed by atoms with van der Waals surface area (Å²) < 4.78 is 0. The van der Waals surface area contributed by atoms with Crippen molar-refractivity contribution in [2.24, 2.45) is 0 Å². The molecule has 0 aliphatic carbocycles. The first kappa shape index (κ1) is 12.2. The van der Waals surface area contributed by atoms with Crippen LogP contribution in [-0.2, 0) is 4.79 Å². The molecule has 18 heavy (non-hydrogen) atoms. The van der Waals surface area contributed by atoms with E-state index >= 15 is 0 Å². The Hall–Kier alpha value is -2.29. The van der Waals surface area contributed by atoms with Crippen LogP contribution in [0.4, 0.5) is 11.4 Å². The Kier molecular flexibility index (Phi) is 3.63. The van der Waals surface area contributed by atoms with Crippen LogP contribution in [0.25, 0.3) is 0 Å². The van der Waals surface area contributed by atoms with E-state index in [1.54, 1.807) is 11.8 Å². The normalized spacial score (nSPS) is 11.8. The van der Waals surface area contributed by atoms with Crippen LogP contribution in [-0.4, -0.2) is 12.0 Å². The van der Waals surface area contributed by atoms with Crippen LogP contribution in [0.2, 0.25) is 0 Å². The van der Waals surface area contributed by atoms with Crippen molar-refractivity contribution in [3.05, 3.63) is 60.7 Å². The molecule has 2 rings (SSSR count). The van der Waals surface area contributed by atoms with Crippen LogP contribution in [0.15, 0.2) is 60.7 Å². The van der Waals surface area contributed by atoms with Crippen molar-refractivity contribution in [1.82, 2.24) is 0 Å². The first-order chi connectivity index (χ1) is 8.70. The Labute approximate surface area is 106 Å². The number of para-hydroxylation sites is 2. The number of carboxylic acid groups (broad SMARTS) is 1. The van der Waals surface area contributed by atoms with Crippen molar-refractivity contribution in [3.63, 3.8) is 0 Å². The van der Waals surface area contributed by atoms with Crippen molar-refractivity contribution >= 4 is 17.3 Å². The van der Waals surface area contributed by atoms with Crippen LogP contribution in [0.1, 0.15) is 6.92 Å². The molecule has 2 aromatic carbocycles. The summed E-state index contributed by atoms with van der Waals surface area (Å²) in [5, 5.41) is 11.1. The predicted octanol–water partition coefficient (Wildman–Crippen LogP) is 1.96. The average molecular weight is 240 g/mol. The molecule has 0 amide bonds. The molecule has 0 bridgehead atoms. The van der Waals surface area contributed by atoms with Gasteiger partial charge in [0, 0.05) is 11.4 Å². The zero-order chi connectivity index (χ0) is 13.0. The lowest BCUT2D eigenvalue weighted by Crippen LogP contribution is -2.44. The maximum Gasteiger partial charge on any atom is 0.0708 e. The average Bonchev–Trinajstić information content (AvgIpc) is 2.41. The summed E-state index contributed by atoms with van der Waals surface area (Å²) in [6.45, 7) is 1.62. The van der Waals surface area contributed by atoms with Gasteiger partial charge in [-0.1, -0.05) is 36.4 Å². The van der Waals surface area contributed by atoms with Crippen LogP contribution in [0.5, 0.6) is 0 Å². The third-order valence-electron chi connectivity index (χ3n) is 2.80. The molecule has 0 aromatic heterocycles. The molecular formula is C15H14NO2-. The fourth-order valence-corrected chi connectivity index (χ4v) is 1.88. The highest BCUT2D eigenvalue weighted by Crippen LogP contribution is 2.27. The van der Waals surface area contributed by atoms with Gasteiger partial charge in [0.2, 0.25) is 0 Å². The number of benzene rings is 2. The van der Waals surface area contributed by atoms with E-state index in [1.807, 2.05) is 60.7 Å². The van der Waals surface area contributed by atoms with Gasteiger partial charge < -0.3 is 14.8 Å². The van der Waals surface area contributed by atoms with Gasteiger partial charge in [0.25, 0.3) is 0 Å². The predicted molar refractivity (Wildman–Crippen MR) is 69.5 cm³/mol. The van der Waals surface area contributed by atoms with E-state index in [2.05, 4.69) is 0 Å². The number of carbonyl (C=O) groups excluding carboxylic acids is 1. The van der Waals surface area contributed by atoms with Gasteiger partial charge in [0.05, 0.1) is 12.0 Å². The number of carbonyl (C=O) groups is 1. The summed E-state index contributed by atoms with van der Waals surface area (Å²) in [7, 11) is 0. The van der Waals surface area contributed by atoms with Gasteiger partial charge in [0.15, 0.2) is 0 Å². The molecule has 0 saturated heterocycles. The number of hydrogen-bond acceptors (Lipinski definition) is 3. The molecule has 0 heterocycles. The molecule has 0 spiro atoms. The summed E-state index contributed by atoms with van der Waals surface area (Å²) in [4.78, 5) is 12.9. The second kappa shape index (κ2) is 5.36. The fraction of sp³-hybridized carbons (Fsp3) is 0.133. The number of anilines is 2. The number of rotatable bonds is 4. The first-order valence-corrected chi connectivity index (χ1v) is 5.80. The Morgan fingerprint density at radius 3 is 1.67 bits per heavy atom. The third-order valence-corrected chi connectivity index (χ3v) is 2.80. The summed E-state index contributed by atoms with van der Waals surface area (Å²) in [5.74, 6) is -1.09. The SMILES string of the molecule is CC(C(=O)[O-])N(c1ccccc1)c1ccccc1. The Balaban J connectivity index is 2.45. The van der Waals surface area contributed by atoms with Gasteiger partial charge in [-0.15, -0.1) is 0 Å². The molecule has 92 valence electrons. The highest BCUT2D eigenvalue weighted by atomic mass is 16.4. The van der Waals surface area contributed by atoms with Crippen LogP contribution in [0.3, 0.4) is 0 Å². The Morgan fingerprint density at radius 2 is 1.33 bits per heavy atom. The smallest absolute Gasteiger partial charge is 0.0708 e. The maximum atomic E-state index is 11.1. The molecule has 3 heteroatoms. The van der Waals surface area contributed by atoms with Crippen LogP contribution in [0, 0.1) is 0 Å². The fourth-order valence-electron chi connectivity index (χ4n) is 1.88. The lowest BCUT2D eigenvalue weighted by atomic mass is 10.1. The molecule has 0 saturated carbocycles. The highest BCUT2D eigenvalue weighted by molar-refractivity contribution is 5.80. The van der Waals surface area contributed by atoms with Gasteiger partial charge >= 0.3 is 0 Å². The van der Waals surface area contributed by atoms with Crippen LogP contribution >= 0.6 is 0 Å². The summed E-state index contributed by atoms with van der Waals surface area (Å²) in [6, 6.07) is 18.1. The van der Waals surface area contributed by atoms with E-state index in [9.17, 15) is 9.90 Å². The number of carboxylic acids is 1. The summed E-state index contributed by atoms with van der Waals surface area (Å²) >= 11 is 0. The number of aliphatic carboxylic acids is 1. The lowest BCUT2D eigenvalue weighted by Gasteiger charge is -2.32. The van der Waals surface area contributed by atoms with Crippen molar-refractivity contribution in [1.29, 1.82) is 0 Å². The van der Waals surface area contributed by atoms with E-state index in [0.717, 1.165) is 11.4 Å². The number of hydrogen-bond donors (Lipinski definition) is 0. The molecule has 0 fully saturated rings. The van der Waals surface area contributed by atoms with Gasteiger partial charge in [-0.05, 0) is 31.2 Å². The molecule has 0 radical (unpaired) electrons. The van der Waals surface area contributed by atoms with Crippen molar-refractivity contribution in [2.75, 3.05) is 4.90 Å². The Morgan fingerprint density at radius 1 is 0.944 bits per heavy atom. The zero-order valence-electron chi connectivity index (χ0n) is 10.1. The quantitative estimate of drug-likeness (QED) is 0.820. The Bertz CT molecular complexity index is 471. The van der Waals surface area contributed by atoms with Gasteiger partial charge in [0.1, 0.15) is 0 Å². The van der Waals surface area contributed by atoms with Crippen molar-refractivity contribution in [3.8, 4) is 0 Å². The molecule has 2 aromatic rings. The monoisotopic (exact) mass is 240 g/mol. The number of nitrogens with zero attached hydrogens (tertiary/aromatic N) is 1. The van der Waals surface area contributed by atoms with E-state index < -0.39 is 12.0 Å². The molecule has 3 nitrogen and oxygen atoms in total. The van der Waals surface area contributed by atoms with Crippen molar-refractivity contribution in [2.45, 2.75) is 13.0 Å². The van der Waals surface area contributed by atoms with E-state index in [1.165, 1.54) is 0 Å². The highest BCUT2D eigenvalue weighted by Gasteiger charge is 2.16. The molecule has 0 N–H and O–H groups in total. The lowest BCUT2D eigenvalue weighted by molar-refractivity contribution is -0.306. The molecule has 1 unspecified atom stereocenters. The molecule has 0 aliphatic rings. The third kappa shape index (κ3) is 2.51. The van der Waals surface area contributed by atoms with Crippen LogP contribution < -0.4 is 10.0 Å².